The Morgan fingerprint density at radius 1 is 1.20 bits per heavy atom. The van der Waals surface area contributed by atoms with Crippen LogP contribution in [0.1, 0.15) is 12.5 Å². The van der Waals surface area contributed by atoms with Gasteiger partial charge in [0.25, 0.3) is 0 Å². The van der Waals surface area contributed by atoms with Gasteiger partial charge in [-0.3, -0.25) is 0 Å². The largest absolute Gasteiger partial charge is 0.341 e. The highest BCUT2D eigenvalue weighted by Gasteiger charge is 2.12. The fourth-order valence-electron chi connectivity index (χ4n) is 2.29. The van der Waals surface area contributed by atoms with Crippen molar-refractivity contribution >= 4 is 27.3 Å². The molecule has 0 atom stereocenters. The second-order valence-electron chi connectivity index (χ2n) is 4.54. The van der Waals surface area contributed by atoms with Crippen LogP contribution in [-0.4, -0.2) is 13.1 Å². The molecular weight excluding hydrogens is 319 g/mol. The minimum absolute atomic E-state index is 0.226. The Hall–Kier alpha value is -1.39. The molecule has 2 rings (SSSR count). The SMILES string of the molecule is CCN(c1cccc(F)c1)c1cc(Br)ccc1CCN. The van der Waals surface area contributed by atoms with E-state index in [1.54, 1.807) is 12.1 Å². The van der Waals surface area contributed by atoms with Crippen LogP contribution < -0.4 is 10.6 Å². The van der Waals surface area contributed by atoms with E-state index in [1.165, 1.54) is 11.6 Å². The minimum atomic E-state index is -0.226. The maximum absolute atomic E-state index is 13.5. The quantitative estimate of drug-likeness (QED) is 0.884. The zero-order valence-electron chi connectivity index (χ0n) is 11.4. The summed E-state index contributed by atoms with van der Waals surface area (Å²) < 4.78 is 14.5. The molecule has 0 amide bonds. The number of nitrogens with two attached hydrogens (primary N) is 1. The number of hydrogen-bond acceptors (Lipinski definition) is 2. The van der Waals surface area contributed by atoms with E-state index in [4.69, 9.17) is 5.73 Å². The molecule has 2 N–H and O–H groups in total. The van der Waals surface area contributed by atoms with Crippen LogP contribution >= 0.6 is 15.9 Å². The van der Waals surface area contributed by atoms with E-state index in [0.29, 0.717) is 6.54 Å². The number of nitrogens with zero attached hydrogens (tertiary/aromatic N) is 1. The Morgan fingerprint density at radius 2 is 2.00 bits per heavy atom. The van der Waals surface area contributed by atoms with Gasteiger partial charge in [-0.1, -0.05) is 28.1 Å². The summed E-state index contributed by atoms with van der Waals surface area (Å²) in [5.41, 5.74) is 8.77. The number of rotatable bonds is 5. The van der Waals surface area contributed by atoms with Crippen molar-refractivity contribution in [1.29, 1.82) is 0 Å². The molecule has 0 aliphatic rings. The van der Waals surface area contributed by atoms with Gasteiger partial charge in [0, 0.05) is 22.4 Å². The van der Waals surface area contributed by atoms with Crippen molar-refractivity contribution in [1.82, 2.24) is 0 Å². The smallest absolute Gasteiger partial charge is 0.125 e. The molecule has 0 aliphatic carbocycles. The summed E-state index contributed by atoms with van der Waals surface area (Å²) in [6, 6.07) is 12.8. The van der Waals surface area contributed by atoms with Crippen molar-refractivity contribution < 1.29 is 4.39 Å². The third kappa shape index (κ3) is 3.38. The first-order chi connectivity index (χ1) is 9.65. The molecule has 0 spiro atoms. The molecule has 0 heterocycles. The zero-order chi connectivity index (χ0) is 14.5. The molecule has 2 aromatic rings. The van der Waals surface area contributed by atoms with Crippen LogP contribution in [0.4, 0.5) is 15.8 Å². The van der Waals surface area contributed by atoms with Crippen LogP contribution in [0.3, 0.4) is 0 Å². The molecule has 0 fully saturated rings. The van der Waals surface area contributed by atoms with Gasteiger partial charge in [0.05, 0.1) is 0 Å². The number of halogens is 2. The second-order valence-corrected chi connectivity index (χ2v) is 5.45. The Kier molecular flexibility index (Phi) is 5.15. The first-order valence-corrected chi connectivity index (χ1v) is 7.46. The van der Waals surface area contributed by atoms with E-state index in [0.717, 1.165) is 28.8 Å². The van der Waals surface area contributed by atoms with Crippen LogP contribution in [0, 0.1) is 5.82 Å². The van der Waals surface area contributed by atoms with E-state index in [2.05, 4.69) is 39.9 Å². The molecule has 0 saturated carbocycles. The van der Waals surface area contributed by atoms with Crippen molar-refractivity contribution in [2.24, 2.45) is 5.73 Å². The summed E-state index contributed by atoms with van der Waals surface area (Å²) in [5.74, 6) is -0.226. The van der Waals surface area contributed by atoms with E-state index in [-0.39, 0.29) is 5.82 Å². The van der Waals surface area contributed by atoms with E-state index in [9.17, 15) is 4.39 Å². The number of hydrogen-bond donors (Lipinski definition) is 1. The number of benzene rings is 2. The normalized spacial score (nSPS) is 10.6. The highest BCUT2D eigenvalue weighted by molar-refractivity contribution is 9.10. The average molecular weight is 337 g/mol. The van der Waals surface area contributed by atoms with Gasteiger partial charge in [-0.15, -0.1) is 0 Å². The molecule has 2 aromatic carbocycles. The van der Waals surface area contributed by atoms with Gasteiger partial charge in [-0.25, -0.2) is 4.39 Å². The van der Waals surface area contributed by atoms with E-state index >= 15 is 0 Å². The summed E-state index contributed by atoms with van der Waals surface area (Å²) >= 11 is 3.50. The summed E-state index contributed by atoms with van der Waals surface area (Å²) in [6.07, 6.45) is 0.800. The average Bonchev–Trinajstić information content (AvgIpc) is 2.43. The van der Waals surface area contributed by atoms with Gasteiger partial charge in [0.15, 0.2) is 0 Å². The first kappa shape index (κ1) is 15.0. The summed E-state index contributed by atoms with van der Waals surface area (Å²) in [7, 11) is 0. The van der Waals surface area contributed by atoms with Gasteiger partial charge in [-0.2, -0.15) is 0 Å². The van der Waals surface area contributed by atoms with Gasteiger partial charge < -0.3 is 10.6 Å². The first-order valence-electron chi connectivity index (χ1n) is 6.67. The summed E-state index contributed by atoms with van der Waals surface area (Å²) in [4.78, 5) is 2.10. The Morgan fingerprint density at radius 3 is 2.65 bits per heavy atom. The Labute approximate surface area is 127 Å². The van der Waals surface area contributed by atoms with E-state index < -0.39 is 0 Å². The monoisotopic (exact) mass is 336 g/mol. The van der Waals surface area contributed by atoms with Crippen LogP contribution in [0.5, 0.6) is 0 Å². The fraction of sp³-hybridized carbons (Fsp3) is 0.250. The van der Waals surface area contributed by atoms with Crippen molar-refractivity contribution in [3.63, 3.8) is 0 Å². The van der Waals surface area contributed by atoms with Crippen LogP contribution in [-0.2, 0) is 6.42 Å². The predicted octanol–water partition coefficient (Wildman–Crippen LogP) is 4.25. The molecular formula is C16H18BrFN2. The molecule has 20 heavy (non-hydrogen) atoms. The maximum Gasteiger partial charge on any atom is 0.125 e. The molecule has 106 valence electrons. The maximum atomic E-state index is 13.5. The molecule has 0 radical (unpaired) electrons. The van der Waals surface area contributed by atoms with Gasteiger partial charge in [0.1, 0.15) is 5.82 Å². The van der Waals surface area contributed by atoms with Crippen molar-refractivity contribution in [3.05, 3.63) is 58.3 Å². The molecule has 0 unspecified atom stereocenters. The van der Waals surface area contributed by atoms with Crippen molar-refractivity contribution in [3.8, 4) is 0 Å². The lowest BCUT2D eigenvalue weighted by Gasteiger charge is -2.26. The van der Waals surface area contributed by atoms with Crippen molar-refractivity contribution in [2.45, 2.75) is 13.3 Å². The fourth-order valence-corrected chi connectivity index (χ4v) is 2.64. The standard InChI is InChI=1S/C16H18BrFN2/c1-2-20(15-5-3-4-14(18)11-15)16-10-13(17)7-6-12(16)8-9-19/h3-7,10-11H,2,8-9,19H2,1H3. The zero-order valence-corrected chi connectivity index (χ0v) is 13.0. The molecule has 4 heteroatoms. The molecule has 0 saturated heterocycles. The minimum Gasteiger partial charge on any atom is -0.341 e. The third-order valence-corrected chi connectivity index (χ3v) is 3.68. The topological polar surface area (TPSA) is 29.3 Å². The summed E-state index contributed by atoms with van der Waals surface area (Å²) in [5, 5.41) is 0. The lowest BCUT2D eigenvalue weighted by Crippen LogP contribution is -2.19. The van der Waals surface area contributed by atoms with Crippen molar-refractivity contribution in [2.75, 3.05) is 18.0 Å². The molecule has 2 nitrogen and oxygen atoms in total. The predicted molar refractivity (Wildman–Crippen MR) is 86.0 cm³/mol. The number of anilines is 2. The van der Waals surface area contributed by atoms with Crippen LogP contribution in [0.15, 0.2) is 46.9 Å². The van der Waals surface area contributed by atoms with E-state index in [1.807, 2.05) is 12.1 Å². The second kappa shape index (κ2) is 6.86. The van der Waals surface area contributed by atoms with Gasteiger partial charge >= 0.3 is 0 Å². The van der Waals surface area contributed by atoms with Gasteiger partial charge in [-0.05, 0) is 55.8 Å². The van der Waals surface area contributed by atoms with Crippen LogP contribution in [0.25, 0.3) is 0 Å². The third-order valence-electron chi connectivity index (χ3n) is 3.19. The van der Waals surface area contributed by atoms with Crippen LogP contribution in [0.2, 0.25) is 0 Å². The lowest BCUT2D eigenvalue weighted by atomic mass is 10.1. The lowest BCUT2D eigenvalue weighted by molar-refractivity contribution is 0.627. The van der Waals surface area contributed by atoms with Gasteiger partial charge in [0.2, 0.25) is 0 Å². The Bertz CT molecular complexity index is 586. The molecule has 0 aliphatic heterocycles. The highest BCUT2D eigenvalue weighted by atomic mass is 79.9. The summed E-state index contributed by atoms with van der Waals surface area (Å²) in [6.45, 7) is 3.41. The molecule has 0 bridgehead atoms. The highest BCUT2D eigenvalue weighted by Crippen LogP contribution is 2.31. The molecule has 0 aromatic heterocycles. The Balaban J connectivity index is 2.48.